The average molecular weight is 451 g/mol. The summed E-state index contributed by atoms with van der Waals surface area (Å²) in [5.41, 5.74) is 9.08. The molecule has 5 heteroatoms. The molecule has 0 fully saturated rings. The molecular weight excluding hydrogens is 432 g/mol. The van der Waals surface area contributed by atoms with Gasteiger partial charge in [0.25, 0.3) is 0 Å². The number of aromatic nitrogens is 1. The van der Waals surface area contributed by atoms with Crippen molar-refractivity contribution in [2.45, 2.75) is 18.6 Å². The molecule has 1 N–H and O–H groups in total. The SMILES string of the molecule is C[Si](C)C1c2ccccc2-c2cccc(-c3ccc[nH]3)c21.[Cl-].[Cl-].[Zr+2]. The molecule has 0 aliphatic heterocycles. The van der Waals surface area contributed by atoms with Crippen molar-refractivity contribution in [1.82, 2.24) is 4.98 Å². The van der Waals surface area contributed by atoms with Crippen LogP contribution in [0.3, 0.4) is 0 Å². The van der Waals surface area contributed by atoms with Crippen molar-refractivity contribution in [3.63, 3.8) is 0 Å². The number of fused-ring (bicyclic) bond motifs is 3. The van der Waals surface area contributed by atoms with Gasteiger partial charge in [-0.2, -0.15) is 0 Å². The van der Waals surface area contributed by atoms with Gasteiger partial charge < -0.3 is 29.8 Å². The van der Waals surface area contributed by atoms with Gasteiger partial charge >= 0.3 is 26.2 Å². The molecule has 0 bridgehead atoms. The number of aromatic amines is 1. The molecule has 1 nitrogen and oxygen atoms in total. The number of hydrogen-bond donors (Lipinski definition) is 1. The fraction of sp³-hybridized carbons (Fsp3) is 0.158. The van der Waals surface area contributed by atoms with E-state index < -0.39 is 8.80 Å². The minimum absolute atomic E-state index is 0. The molecule has 1 aromatic heterocycles. The van der Waals surface area contributed by atoms with Crippen molar-refractivity contribution >= 4 is 8.80 Å². The van der Waals surface area contributed by atoms with Gasteiger partial charge in [-0.15, -0.1) is 0 Å². The van der Waals surface area contributed by atoms with Crippen LogP contribution < -0.4 is 24.8 Å². The summed E-state index contributed by atoms with van der Waals surface area (Å²) < 4.78 is 0. The van der Waals surface area contributed by atoms with E-state index in [0.29, 0.717) is 5.54 Å². The van der Waals surface area contributed by atoms with Crippen LogP contribution in [0.15, 0.2) is 60.8 Å². The number of rotatable bonds is 2. The molecule has 1 radical (unpaired) electrons. The monoisotopic (exact) mass is 448 g/mol. The van der Waals surface area contributed by atoms with Crippen LogP contribution in [0.2, 0.25) is 13.1 Å². The molecule has 0 saturated heterocycles. The maximum Gasteiger partial charge on any atom is 2.00 e. The van der Waals surface area contributed by atoms with Crippen molar-refractivity contribution < 1.29 is 51.0 Å². The molecule has 1 aliphatic carbocycles. The predicted molar refractivity (Wildman–Crippen MR) is 91.0 cm³/mol. The number of halogens is 2. The van der Waals surface area contributed by atoms with E-state index in [1.807, 2.05) is 6.20 Å². The zero-order valence-electron chi connectivity index (χ0n) is 13.6. The van der Waals surface area contributed by atoms with Crippen LogP contribution in [0.1, 0.15) is 16.7 Å². The molecule has 0 amide bonds. The summed E-state index contributed by atoms with van der Waals surface area (Å²) >= 11 is 0. The van der Waals surface area contributed by atoms with Gasteiger partial charge in [0.2, 0.25) is 0 Å². The van der Waals surface area contributed by atoms with Crippen molar-refractivity contribution in [2.75, 3.05) is 0 Å². The first-order valence-electron chi connectivity index (χ1n) is 7.43. The fourth-order valence-electron chi connectivity index (χ4n) is 3.59. The predicted octanol–water partition coefficient (Wildman–Crippen LogP) is -0.907. The van der Waals surface area contributed by atoms with E-state index >= 15 is 0 Å². The second-order valence-electron chi connectivity index (χ2n) is 5.95. The van der Waals surface area contributed by atoms with Crippen molar-refractivity contribution in [3.8, 4) is 22.4 Å². The summed E-state index contributed by atoms with van der Waals surface area (Å²) in [7, 11) is -0.462. The summed E-state index contributed by atoms with van der Waals surface area (Å²) in [5.74, 6) is 0. The molecule has 0 saturated carbocycles. The second kappa shape index (κ2) is 8.67. The molecule has 24 heavy (non-hydrogen) atoms. The first-order chi connectivity index (χ1) is 10.3. The van der Waals surface area contributed by atoms with E-state index in [1.165, 1.54) is 33.5 Å². The summed E-state index contributed by atoms with van der Waals surface area (Å²) in [6.45, 7) is 4.85. The number of nitrogens with one attached hydrogen (secondary N) is 1. The fourth-order valence-corrected chi connectivity index (χ4v) is 5.36. The van der Waals surface area contributed by atoms with E-state index in [9.17, 15) is 0 Å². The Labute approximate surface area is 176 Å². The van der Waals surface area contributed by atoms with E-state index in [1.54, 1.807) is 0 Å². The van der Waals surface area contributed by atoms with Crippen LogP contribution in [0.25, 0.3) is 22.4 Å². The van der Waals surface area contributed by atoms with Gasteiger partial charge in [-0.25, -0.2) is 0 Å². The third kappa shape index (κ3) is 3.37. The van der Waals surface area contributed by atoms with Gasteiger partial charge in [0.05, 0.1) is 8.80 Å². The van der Waals surface area contributed by atoms with E-state index in [0.717, 1.165) is 0 Å². The van der Waals surface area contributed by atoms with Gasteiger partial charge in [-0.1, -0.05) is 55.6 Å². The molecule has 2 aromatic carbocycles. The number of H-pyrrole nitrogens is 1. The first kappa shape index (κ1) is 21.4. The van der Waals surface area contributed by atoms with E-state index in [2.05, 4.69) is 72.7 Å². The Morgan fingerprint density at radius 1 is 0.792 bits per heavy atom. The van der Waals surface area contributed by atoms with Crippen molar-refractivity contribution in [1.29, 1.82) is 0 Å². The summed E-state index contributed by atoms with van der Waals surface area (Å²) in [6.07, 6.45) is 2.01. The van der Waals surface area contributed by atoms with Crippen molar-refractivity contribution in [2.24, 2.45) is 0 Å². The molecule has 1 heterocycles. The maximum atomic E-state index is 3.38. The van der Waals surface area contributed by atoms with Crippen LogP contribution in [-0.2, 0) is 26.2 Å². The van der Waals surface area contributed by atoms with E-state index in [-0.39, 0.29) is 51.0 Å². The summed E-state index contributed by atoms with van der Waals surface area (Å²) in [6, 6.07) is 19.9. The van der Waals surface area contributed by atoms with Gasteiger partial charge in [0, 0.05) is 23.0 Å². The topological polar surface area (TPSA) is 15.8 Å². The van der Waals surface area contributed by atoms with Gasteiger partial charge in [0.15, 0.2) is 0 Å². The molecule has 1 aliphatic rings. The Hall–Kier alpha value is -0.600. The number of benzene rings is 2. The molecule has 1 atom stereocenters. The summed E-state index contributed by atoms with van der Waals surface area (Å²) in [4.78, 5) is 3.38. The minimum Gasteiger partial charge on any atom is -1.00 e. The quantitative estimate of drug-likeness (QED) is 0.487. The smallest absolute Gasteiger partial charge is 1.00 e. The zero-order valence-corrected chi connectivity index (χ0v) is 18.6. The van der Waals surface area contributed by atoms with Crippen molar-refractivity contribution in [3.05, 3.63) is 71.9 Å². The third-order valence-corrected chi connectivity index (χ3v) is 6.18. The molecule has 0 spiro atoms. The van der Waals surface area contributed by atoms with Crippen LogP contribution in [0, 0.1) is 0 Å². The number of hydrogen-bond acceptors (Lipinski definition) is 0. The molecule has 121 valence electrons. The minimum atomic E-state index is -0.462. The zero-order chi connectivity index (χ0) is 14.4. The third-order valence-electron chi connectivity index (χ3n) is 4.42. The summed E-state index contributed by atoms with van der Waals surface area (Å²) in [5, 5.41) is 0. The largest absolute Gasteiger partial charge is 2.00 e. The van der Waals surface area contributed by atoms with Gasteiger partial charge in [0.1, 0.15) is 0 Å². The Morgan fingerprint density at radius 3 is 2.12 bits per heavy atom. The normalized spacial score (nSPS) is 14.0. The van der Waals surface area contributed by atoms with Crippen LogP contribution in [-0.4, -0.2) is 13.8 Å². The van der Waals surface area contributed by atoms with Crippen LogP contribution in [0.4, 0.5) is 0 Å². The standard InChI is InChI=1S/C19H18NSi.2ClH.Zr/c1-21(2)19-15-8-4-3-7-13(15)14-9-5-10-16(18(14)19)17-11-6-12-20-17;;;/h3-12,19-20H,1-2H3;2*1H;/q;;;+2/p-2. The first-order valence-corrected chi connectivity index (χ1v) is 10.0. The Kier molecular flexibility index (Phi) is 7.75. The van der Waals surface area contributed by atoms with Crippen LogP contribution >= 0.6 is 0 Å². The Morgan fingerprint density at radius 2 is 1.46 bits per heavy atom. The van der Waals surface area contributed by atoms with E-state index in [4.69, 9.17) is 0 Å². The van der Waals surface area contributed by atoms with Crippen LogP contribution in [0.5, 0.6) is 0 Å². The Bertz CT molecular complexity index is 803. The van der Waals surface area contributed by atoms with Gasteiger partial charge in [-0.3, -0.25) is 0 Å². The molecule has 4 rings (SSSR count). The molecular formula is C19H18Cl2NSiZr. The average Bonchev–Trinajstić information content (AvgIpc) is 3.12. The molecule has 3 aromatic rings. The second-order valence-corrected chi connectivity index (χ2v) is 8.68. The maximum absolute atomic E-state index is 3.38. The van der Waals surface area contributed by atoms with Gasteiger partial charge in [-0.05, 0) is 34.4 Å². The molecule has 1 unspecified atom stereocenters. The Balaban J connectivity index is 0.000000960.